The van der Waals surface area contributed by atoms with Gasteiger partial charge in [-0.05, 0) is 24.3 Å². The smallest absolute Gasteiger partial charge is 0.416 e. The molecule has 0 N–H and O–H groups in total. The molecule has 1 saturated heterocycles. The van der Waals surface area contributed by atoms with Gasteiger partial charge in [-0.3, -0.25) is 4.79 Å². The van der Waals surface area contributed by atoms with Gasteiger partial charge in [0.25, 0.3) is 5.91 Å². The molecule has 9 nitrogen and oxygen atoms in total. The zero-order chi connectivity index (χ0) is 16.2. The molecule has 0 bridgehead atoms. The Balaban J connectivity index is 1.58. The highest BCUT2D eigenvalue weighted by Crippen LogP contribution is 2.10. The Hall–Kier alpha value is -3.23. The molecule has 1 aromatic carbocycles. The lowest BCUT2D eigenvalue weighted by Crippen LogP contribution is -2.35. The number of rotatable bonds is 4. The first kappa shape index (κ1) is 14.7. The van der Waals surface area contributed by atoms with Crippen LogP contribution in [0.25, 0.3) is 5.69 Å². The maximum Gasteiger partial charge on any atom is 0.416 e. The van der Waals surface area contributed by atoms with Crippen LogP contribution in [-0.4, -0.2) is 57.4 Å². The molecule has 23 heavy (non-hydrogen) atoms. The number of esters is 1. The Morgan fingerprint density at radius 2 is 2.04 bits per heavy atom. The molecule has 1 aliphatic heterocycles. The number of ether oxygens (including phenoxy) is 2. The standard InChI is InChI=1S/C14H12N4O5/c19-12(17-5-6-22-14(17)21)7-23-13(20)10-1-3-11(4-2-10)18-9-15-8-16-18/h1-4,8-9H,5-7H2. The van der Waals surface area contributed by atoms with Crippen molar-refractivity contribution in [2.24, 2.45) is 0 Å². The summed E-state index contributed by atoms with van der Waals surface area (Å²) in [6.45, 7) is -0.192. The van der Waals surface area contributed by atoms with Gasteiger partial charge in [0.2, 0.25) is 0 Å². The van der Waals surface area contributed by atoms with Crippen LogP contribution in [0.15, 0.2) is 36.9 Å². The Kier molecular flexibility index (Phi) is 4.00. The van der Waals surface area contributed by atoms with E-state index in [4.69, 9.17) is 4.74 Å². The molecular formula is C14H12N4O5. The first-order valence-corrected chi connectivity index (χ1v) is 6.74. The predicted molar refractivity (Wildman–Crippen MR) is 74.7 cm³/mol. The number of hydrogen-bond acceptors (Lipinski definition) is 7. The van der Waals surface area contributed by atoms with Crippen molar-refractivity contribution in [3.05, 3.63) is 42.5 Å². The third-order valence-corrected chi connectivity index (χ3v) is 3.17. The number of aromatic nitrogens is 3. The van der Waals surface area contributed by atoms with Crippen molar-refractivity contribution in [1.82, 2.24) is 19.7 Å². The summed E-state index contributed by atoms with van der Waals surface area (Å²) in [6, 6.07) is 6.44. The molecule has 1 aliphatic rings. The van der Waals surface area contributed by atoms with E-state index in [1.165, 1.54) is 17.3 Å². The molecule has 2 heterocycles. The zero-order valence-corrected chi connectivity index (χ0v) is 11.9. The topological polar surface area (TPSA) is 104 Å². The van der Waals surface area contributed by atoms with Crippen molar-refractivity contribution in [3.63, 3.8) is 0 Å². The first-order chi connectivity index (χ1) is 11.1. The largest absolute Gasteiger partial charge is 0.452 e. The van der Waals surface area contributed by atoms with Crippen LogP contribution in [0.5, 0.6) is 0 Å². The van der Waals surface area contributed by atoms with Crippen molar-refractivity contribution in [3.8, 4) is 5.69 Å². The monoisotopic (exact) mass is 316 g/mol. The van der Waals surface area contributed by atoms with Crippen LogP contribution >= 0.6 is 0 Å². The van der Waals surface area contributed by atoms with Gasteiger partial charge in [0.05, 0.1) is 17.8 Å². The lowest BCUT2D eigenvalue weighted by molar-refractivity contribution is -0.131. The number of cyclic esters (lactones) is 1. The Labute approximate surface area is 130 Å². The molecule has 0 spiro atoms. The van der Waals surface area contributed by atoms with Crippen LogP contribution in [0, 0.1) is 0 Å². The number of nitrogens with zero attached hydrogens (tertiary/aromatic N) is 4. The summed E-state index contributed by atoms with van der Waals surface area (Å²) >= 11 is 0. The van der Waals surface area contributed by atoms with Gasteiger partial charge in [0.15, 0.2) is 6.61 Å². The summed E-state index contributed by atoms with van der Waals surface area (Å²) in [6.07, 6.45) is 2.21. The van der Waals surface area contributed by atoms with Crippen LogP contribution < -0.4 is 0 Å². The van der Waals surface area contributed by atoms with Gasteiger partial charge in [-0.25, -0.2) is 24.2 Å². The summed E-state index contributed by atoms with van der Waals surface area (Å²) in [5.41, 5.74) is 1.01. The van der Waals surface area contributed by atoms with E-state index >= 15 is 0 Å². The van der Waals surface area contributed by atoms with Gasteiger partial charge in [-0.2, -0.15) is 5.10 Å². The zero-order valence-electron chi connectivity index (χ0n) is 11.9. The van der Waals surface area contributed by atoms with E-state index in [0.29, 0.717) is 0 Å². The summed E-state index contributed by atoms with van der Waals surface area (Å²) in [7, 11) is 0. The number of amides is 2. The number of imide groups is 1. The minimum absolute atomic E-state index is 0.155. The highest BCUT2D eigenvalue weighted by Gasteiger charge is 2.29. The number of benzene rings is 1. The minimum Gasteiger partial charge on any atom is -0.452 e. The normalized spacial score (nSPS) is 13.7. The fraction of sp³-hybridized carbons (Fsp3) is 0.214. The number of carbonyl (C=O) groups is 3. The highest BCUT2D eigenvalue weighted by atomic mass is 16.6. The second kappa shape index (κ2) is 6.26. The van der Waals surface area contributed by atoms with Gasteiger partial charge in [0.1, 0.15) is 19.3 Å². The van der Waals surface area contributed by atoms with Gasteiger partial charge in [0, 0.05) is 0 Å². The van der Waals surface area contributed by atoms with Crippen LogP contribution in [-0.2, 0) is 14.3 Å². The molecule has 118 valence electrons. The molecule has 1 fully saturated rings. The molecule has 1 aromatic heterocycles. The molecule has 9 heteroatoms. The van der Waals surface area contributed by atoms with E-state index in [2.05, 4.69) is 14.8 Å². The molecule has 0 aliphatic carbocycles. The average Bonchev–Trinajstić information content (AvgIpc) is 3.24. The fourth-order valence-corrected chi connectivity index (χ4v) is 2.00. The second-order valence-electron chi connectivity index (χ2n) is 4.62. The maximum atomic E-state index is 11.9. The second-order valence-corrected chi connectivity index (χ2v) is 4.62. The van der Waals surface area contributed by atoms with Crippen LogP contribution in [0.2, 0.25) is 0 Å². The quantitative estimate of drug-likeness (QED) is 0.752. The van der Waals surface area contributed by atoms with Crippen LogP contribution in [0.3, 0.4) is 0 Å². The first-order valence-electron chi connectivity index (χ1n) is 6.74. The number of carbonyl (C=O) groups excluding carboxylic acids is 3. The van der Waals surface area contributed by atoms with Crippen molar-refractivity contribution in [2.45, 2.75) is 0 Å². The van der Waals surface area contributed by atoms with Crippen molar-refractivity contribution in [2.75, 3.05) is 19.8 Å². The van der Waals surface area contributed by atoms with Crippen molar-refractivity contribution < 1.29 is 23.9 Å². The fourth-order valence-electron chi connectivity index (χ4n) is 2.00. The maximum absolute atomic E-state index is 11.9. The lowest BCUT2D eigenvalue weighted by atomic mass is 10.2. The molecular weight excluding hydrogens is 304 g/mol. The molecule has 0 radical (unpaired) electrons. The average molecular weight is 316 g/mol. The molecule has 0 atom stereocenters. The molecule has 0 unspecified atom stereocenters. The van der Waals surface area contributed by atoms with E-state index in [0.717, 1.165) is 10.6 Å². The molecule has 3 rings (SSSR count). The van der Waals surface area contributed by atoms with Gasteiger partial charge >= 0.3 is 12.1 Å². The predicted octanol–water partition coefficient (Wildman–Crippen LogP) is 0.403. The van der Waals surface area contributed by atoms with E-state index in [1.807, 2.05) is 0 Å². The summed E-state index contributed by atoms with van der Waals surface area (Å²) in [5, 5.41) is 3.97. The van der Waals surface area contributed by atoms with E-state index in [-0.39, 0.29) is 18.7 Å². The van der Waals surface area contributed by atoms with Crippen molar-refractivity contribution >= 4 is 18.0 Å². The molecule has 2 amide bonds. The van der Waals surface area contributed by atoms with Gasteiger partial charge < -0.3 is 9.47 Å². The SMILES string of the molecule is O=C(OCC(=O)N1CCOC1=O)c1ccc(-n2cncn2)cc1. The summed E-state index contributed by atoms with van der Waals surface area (Å²) in [4.78, 5) is 39.6. The van der Waals surface area contributed by atoms with Crippen LogP contribution in [0.1, 0.15) is 10.4 Å². The van der Waals surface area contributed by atoms with Crippen molar-refractivity contribution in [1.29, 1.82) is 0 Å². The molecule has 2 aromatic rings. The molecule has 0 saturated carbocycles. The van der Waals surface area contributed by atoms with E-state index < -0.39 is 24.6 Å². The van der Waals surface area contributed by atoms with E-state index in [1.54, 1.807) is 24.3 Å². The van der Waals surface area contributed by atoms with Crippen LogP contribution in [0.4, 0.5) is 4.79 Å². The minimum atomic E-state index is -0.719. The summed E-state index contributed by atoms with van der Waals surface area (Å²) < 4.78 is 11.1. The lowest BCUT2D eigenvalue weighted by Gasteiger charge is -2.11. The van der Waals surface area contributed by atoms with E-state index in [9.17, 15) is 14.4 Å². The number of hydrogen-bond donors (Lipinski definition) is 0. The van der Waals surface area contributed by atoms with Gasteiger partial charge in [-0.1, -0.05) is 0 Å². The highest BCUT2D eigenvalue weighted by molar-refractivity contribution is 5.96. The Morgan fingerprint density at radius 1 is 1.26 bits per heavy atom. The Bertz CT molecular complexity index is 726. The van der Waals surface area contributed by atoms with Gasteiger partial charge in [-0.15, -0.1) is 0 Å². The summed E-state index contributed by atoms with van der Waals surface area (Å²) in [5.74, 6) is -1.27. The Morgan fingerprint density at radius 3 is 2.65 bits per heavy atom. The third kappa shape index (κ3) is 3.18. The third-order valence-electron chi connectivity index (χ3n) is 3.17.